The highest BCUT2D eigenvalue weighted by Crippen LogP contribution is 2.22. The Morgan fingerprint density at radius 1 is 1.04 bits per heavy atom. The second kappa shape index (κ2) is 8.13. The van der Waals surface area contributed by atoms with Gasteiger partial charge in [-0.05, 0) is 81.1 Å². The van der Waals surface area contributed by atoms with Gasteiger partial charge in [-0.15, -0.1) is 0 Å². The maximum atomic E-state index is 12.6. The van der Waals surface area contributed by atoms with E-state index < -0.39 is 10.0 Å². The van der Waals surface area contributed by atoms with Crippen molar-refractivity contribution in [3.05, 3.63) is 64.2 Å². The fraction of sp³-hybridized carbons (Fsp3) is 0.381. The van der Waals surface area contributed by atoms with E-state index in [2.05, 4.69) is 31.3 Å². The molecule has 2 aromatic carbocycles. The van der Waals surface area contributed by atoms with Crippen molar-refractivity contribution in [1.29, 1.82) is 0 Å². The van der Waals surface area contributed by atoms with Crippen LogP contribution < -0.4 is 9.62 Å². The number of amides is 1. The van der Waals surface area contributed by atoms with Gasteiger partial charge in [0.05, 0.1) is 17.5 Å². The summed E-state index contributed by atoms with van der Waals surface area (Å²) < 4.78 is 25.1. The van der Waals surface area contributed by atoms with Gasteiger partial charge in [0, 0.05) is 12.6 Å². The molecule has 0 aliphatic heterocycles. The highest BCUT2D eigenvalue weighted by atomic mass is 32.2. The standard InChI is InChI=1S/C21H28N2O3S/c1-7-27(25,26)23(6)19-10-8-18(9-11-19)21(24)22-17(5)20-13-15(3)14(2)12-16(20)4/h8-13,17H,7H2,1-6H3,(H,22,24)/t17-/m0/s1. The van der Waals surface area contributed by atoms with E-state index in [1.807, 2.05) is 13.8 Å². The quantitative estimate of drug-likeness (QED) is 0.816. The lowest BCUT2D eigenvalue weighted by Crippen LogP contribution is -2.29. The third-order valence-electron chi connectivity index (χ3n) is 4.97. The zero-order chi connectivity index (χ0) is 20.4. The monoisotopic (exact) mass is 388 g/mol. The number of carbonyl (C=O) groups excluding carboxylic acids is 1. The lowest BCUT2D eigenvalue weighted by atomic mass is 9.96. The predicted molar refractivity (Wildman–Crippen MR) is 111 cm³/mol. The first kappa shape index (κ1) is 21.0. The van der Waals surface area contributed by atoms with E-state index in [1.54, 1.807) is 31.2 Å². The van der Waals surface area contributed by atoms with Crippen LogP contribution in [0, 0.1) is 20.8 Å². The number of anilines is 1. The average Bonchev–Trinajstić information content (AvgIpc) is 2.64. The lowest BCUT2D eigenvalue weighted by molar-refractivity contribution is 0.0940. The number of nitrogens with zero attached hydrogens (tertiary/aromatic N) is 1. The smallest absolute Gasteiger partial charge is 0.251 e. The van der Waals surface area contributed by atoms with Crippen LogP contribution in [0.4, 0.5) is 5.69 Å². The molecule has 0 aromatic heterocycles. The van der Waals surface area contributed by atoms with Gasteiger partial charge in [0.15, 0.2) is 0 Å². The van der Waals surface area contributed by atoms with Gasteiger partial charge in [0.2, 0.25) is 10.0 Å². The molecule has 146 valence electrons. The van der Waals surface area contributed by atoms with Crippen LogP contribution in [0.1, 0.15) is 52.5 Å². The Balaban J connectivity index is 2.16. The van der Waals surface area contributed by atoms with Crippen molar-refractivity contribution in [2.75, 3.05) is 17.1 Å². The Labute approximate surface area is 162 Å². The van der Waals surface area contributed by atoms with Gasteiger partial charge in [-0.25, -0.2) is 8.42 Å². The van der Waals surface area contributed by atoms with Crippen LogP contribution in [0.2, 0.25) is 0 Å². The van der Waals surface area contributed by atoms with E-state index >= 15 is 0 Å². The average molecular weight is 389 g/mol. The summed E-state index contributed by atoms with van der Waals surface area (Å²) in [6, 6.07) is 10.7. The Morgan fingerprint density at radius 2 is 1.59 bits per heavy atom. The Kier molecular flexibility index (Phi) is 6.31. The number of aryl methyl sites for hydroxylation is 3. The van der Waals surface area contributed by atoms with Gasteiger partial charge in [0.1, 0.15) is 0 Å². The highest BCUT2D eigenvalue weighted by molar-refractivity contribution is 7.92. The zero-order valence-corrected chi connectivity index (χ0v) is 17.6. The molecule has 1 N–H and O–H groups in total. The summed E-state index contributed by atoms with van der Waals surface area (Å²) in [7, 11) is -1.81. The van der Waals surface area contributed by atoms with E-state index in [-0.39, 0.29) is 17.7 Å². The van der Waals surface area contributed by atoms with Gasteiger partial charge < -0.3 is 5.32 Å². The predicted octanol–water partition coefficient (Wildman–Crippen LogP) is 3.89. The minimum Gasteiger partial charge on any atom is -0.346 e. The number of hydrogen-bond acceptors (Lipinski definition) is 3. The lowest BCUT2D eigenvalue weighted by Gasteiger charge is -2.20. The molecule has 1 amide bonds. The summed E-state index contributed by atoms with van der Waals surface area (Å²) in [5.41, 5.74) is 5.70. The van der Waals surface area contributed by atoms with Gasteiger partial charge >= 0.3 is 0 Å². The number of rotatable bonds is 6. The highest BCUT2D eigenvalue weighted by Gasteiger charge is 2.17. The van der Waals surface area contributed by atoms with Crippen LogP contribution in [0.5, 0.6) is 0 Å². The second-order valence-corrected chi connectivity index (χ2v) is 9.19. The number of nitrogens with one attached hydrogen (secondary N) is 1. The molecule has 2 rings (SSSR count). The fourth-order valence-corrected chi connectivity index (χ4v) is 3.81. The summed E-state index contributed by atoms with van der Waals surface area (Å²) in [5.74, 6) is -0.161. The minimum absolute atomic E-state index is 0.0264. The van der Waals surface area contributed by atoms with Crippen molar-refractivity contribution in [2.24, 2.45) is 0 Å². The maximum Gasteiger partial charge on any atom is 0.251 e. The van der Waals surface area contributed by atoms with Crippen LogP contribution in [-0.4, -0.2) is 27.1 Å². The van der Waals surface area contributed by atoms with E-state index in [4.69, 9.17) is 0 Å². The van der Waals surface area contributed by atoms with Crippen molar-refractivity contribution in [3.8, 4) is 0 Å². The summed E-state index contributed by atoms with van der Waals surface area (Å²) in [6.45, 7) is 9.75. The van der Waals surface area contributed by atoms with Gasteiger partial charge in [-0.1, -0.05) is 12.1 Å². The molecule has 0 aliphatic carbocycles. The van der Waals surface area contributed by atoms with Crippen molar-refractivity contribution in [3.63, 3.8) is 0 Å². The van der Waals surface area contributed by atoms with Crippen LogP contribution in [0.25, 0.3) is 0 Å². The van der Waals surface area contributed by atoms with E-state index in [1.165, 1.54) is 22.5 Å². The molecule has 27 heavy (non-hydrogen) atoms. The first-order valence-corrected chi connectivity index (χ1v) is 10.6. The SMILES string of the molecule is CCS(=O)(=O)N(C)c1ccc(C(=O)N[C@@H](C)c2cc(C)c(C)cc2C)cc1. The zero-order valence-electron chi connectivity index (χ0n) is 16.8. The van der Waals surface area contributed by atoms with E-state index in [9.17, 15) is 13.2 Å². The fourth-order valence-electron chi connectivity index (χ4n) is 2.98. The first-order valence-electron chi connectivity index (χ1n) is 9.02. The summed E-state index contributed by atoms with van der Waals surface area (Å²) in [6.07, 6.45) is 0. The Hall–Kier alpha value is -2.34. The summed E-state index contributed by atoms with van der Waals surface area (Å²) in [5, 5.41) is 3.02. The van der Waals surface area contributed by atoms with Crippen molar-refractivity contribution in [2.45, 2.75) is 40.7 Å². The molecule has 5 nitrogen and oxygen atoms in total. The van der Waals surface area contributed by atoms with Gasteiger partial charge in [0.25, 0.3) is 5.91 Å². The topological polar surface area (TPSA) is 66.5 Å². The van der Waals surface area contributed by atoms with E-state index in [0.29, 0.717) is 11.3 Å². The largest absolute Gasteiger partial charge is 0.346 e. The molecule has 0 saturated heterocycles. The Morgan fingerprint density at radius 3 is 2.15 bits per heavy atom. The third kappa shape index (κ3) is 4.69. The van der Waals surface area contributed by atoms with Crippen molar-refractivity contribution in [1.82, 2.24) is 5.32 Å². The molecule has 2 aromatic rings. The van der Waals surface area contributed by atoms with Crippen LogP contribution >= 0.6 is 0 Å². The molecule has 0 fully saturated rings. The van der Waals surface area contributed by atoms with Gasteiger partial charge in [-0.3, -0.25) is 9.10 Å². The summed E-state index contributed by atoms with van der Waals surface area (Å²) >= 11 is 0. The molecular formula is C21H28N2O3S. The molecule has 1 atom stereocenters. The summed E-state index contributed by atoms with van der Waals surface area (Å²) in [4.78, 5) is 12.6. The maximum absolute atomic E-state index is 12.6. The molecular weight excluding hydrogens is 360 g/mol. The number of hydrogen-bond donors (Lipinski definition) is 1. The second-order valence-electron chi connectivity index (χ2n) is 6.90. The van der Waals surface area contributed by atoms with Crippen molar-refractivity contribution < 1.29 is 13.2 Å². The molecule has 0 unspecified atom stereocenters. The molecule has 0 heterocycles. The van der Waals surface area contributed by atoms with Gasteiger partial charge in [-0.2, -0.15) is 0 Å². The minimum atomic E-state index is -3.32. The molecule has 0 bridgehead atoms. The molecule has 0 spiro atoms. The molecule has 0 saturated carbocycles. The number of sulfonamides is 1. The van der Waals surface area contributed by atoms with Crippen LogP contribution in [0.3, 0.4) is 0 Å². The molecule has 6 heteroatoms. The molecule has 0 aliphatic rings. The van der Waals surface area contributed by atoms with Crippen LogP contribution in [-0.2, 0) is 10.0 Å². The molecule has 0 radical (unpaired) electrons. The third-order valence-corrected chi connectivity index (χ3v) is 6.75. The van der Waals surface area contributed by atoms with E-state index in [0.717, 1.165) is 11.1 Å². The number of carbonyl (C=O) groups is 1. The normalized spacial score (nSPS) is 12.5. The van der Waals surface area contributed by atoms with Crippen LogP contribution in [0.15, 0.2) is 36.4 Å². The van der Waals surface area contributed by atoms with Crippen molar-refractivity contribution >= 4 is 21.6 Å². The number of benzene rings is 2. The Bertz CT molecular complexity index is 935. The first-order chi connectivity index (χ1) is 12.6.